The number of rotatable bonds is 5. The minimum atomic E-state index is 0.121. The molecule has 0 atom stereocenters. The molecular weight excluding hydrogens is 283 g/mol. The molecule has 2 aromatic rings. The van der Waals surface area contributed by atoms with Crippen LogP contribution in [0.1, 0.15) is 17.7 Å². The van der Waals surface area contributed by atoms with Crippen LogP contribution in [0.4, 0.5) is 0 Å². The molecule has 0 aliphatic heterocycles. The van der Waals surface area contributed by atoms with E-state index in [1.807, 2.05) is 13.1 Å². The van der Waals surface area contributed by atoms with Crippen molar-refractivity contribution in [2.75, 3.05) is 0 Å². The predicted octanol–water partition coefficient (Wildman–Crippen LogP) is 3.47. The van der Waals surface area contributed by atoms with E-state index in [0.717, 1.165) is 5.69 Å². The van der Waals surface area contributed by atoms with Gasteiger partial charge in [-0.2, -0.15) is 5.10 Å². The van der Waals surface area contributed by atoms with Gasteiger partial charge >= 0.3 is 0 Å². The molecule has 0 fully saturated rings. The van der Waals surface area contributed by atoms with Gasteiger partial charge < -0.3 is 0 Å². The molecule has 0 aliphatic rings. The van der Waals surface area contributed by atoms with E-state index in [-0.39, 0.29) is 12.2 Å². The van der Waals surface area contributed by atoms with Gasteiger partial charge in [-0.1, -0.05) is 29.3 Å². The highest BCUT2D eigenvalue weighted by Gasteiger charge is 2.11. The third-order valence-electron chi connectivity index (χ3n) is 3.02. The fourth-order valence-corrected chi connectivity index (χ4v) is 2.43. The Morgan fingerprint density at radius 1 is 1.26 bits per heavy atom. The first-order valence-electron chi connectivity index (χ1n) is 5.99. The predicted molar refractivity (Wildman–Crippen MR) is 76.7 cm³/mol. The normalized spacial score (nSPS) is 10.7. The highest BCUT2D eigenvalue weighted by molar-refractivity contribution is 6.36. The summed E-state index contributed by atoms with van der Waals surface area (Å²) in [5, 5.41) is 5.16. The van der Waals surface area contributed by atoms with E-state index in [1.54, 1.807) is 29.1 Å². The Morgan fingerprint density at radius 2 is 1.95 bits per heavy atom. The van der Waals surface area contributed by atoms with Crippen LogP contribution >= 0.6 is 23.2 Å². The molecule has 0 amide bonds. The molecule has 0 saturated carbocycles. The molecule has 3 nitrogen and oxygen atoms in total. The number of halogens is 2. The van der Waals surface area contributed by atoms with Crippen LogP contribution < -0.4 is 0 Å². The van der Waals surface area contributed by atoms with Crippen LogP contribution in [-0.2, 0) is 24.7 Å². The second kappa shape index (κ2) is 6.22. The maximum Gasteiger partial charge on any atom is 0.137 e. The molecule has 0 saturated heterocycles. The monoisotopic (exact) mass is 296 g/mol. The van der Waals surface area contributed by atoms with E-state index in [9.17, 15) is 4.79 Å². The summed E-state index contributed by atoms with van der Waals surface area (Å²) in [4.78, 5) is 12.0. The van der Waals surface area contributed by atoms with Crippen molar-refractivity contribution in [3.63, 3.8) is 0 Å². The molecule has 100 valence electrons. The second-order valence-electron chi connectivity index (χ2n) is 4.36. The Morgan fingerprint density at radius 3 is 2.53 bits per heavy atom. The van der Waals surface area contributed by atoms with Crippen molar-refractivity contribution in [2.45, 2.75) is 19.3 Å². The minimum Gasteiger partial charge on any atom is -0.299 e. The van der Waals surface area contributed by atoms with Gasteiger partial charge in [-0.3, -0.25) is 9.48 Å². The molecule has 0 unspecified atom stereocenters. The largest absolute Gasteiger partial charge is 0.299 e. The summed E-state index contributed by atoms with van der Waals surface area (Å²) >= 11 is 12.1. The summed E-state index contributed by atoms with van der Waals surface area (Å²) < 4.78 is 1.77. The average molecular weight is 297 g/mol. The number of Topliss-reactive ketones (excluding diaryl/α,β-unsaturated/α-hetero) is 1. The number of hydrogen-bond donors (Lipinski definition) is 0. The summed E-state index contributed by atoms with van der Waals surface area (Å²) in [5.74, 6) is 0.121. The third kappa shape index (κ3) is 3.58. The standard InChI is InChI=1S/C14H14Cl2N2O/c1-18-10(7-8-17-18)5-6-11(19)9-12-13(15)3-2-4-14(12)16/h2-4,7-8H,5-6,9H2,1H3. The summed E-state index contributed by atoms with van der Waals surface area (Å²) in [6.07, 6.45) is 3.14. The van der Waals surface area contributed by atoms with Gasteiger partial charge in [0.1, 0.15) is 5.78 Å². The Hall–Kier alpha value is -1.32. The van der Waals surface area contributed by atoms with Crippen LogP contribution in [0.5, 0.6) is 0 Å². The van der Waals surface area contributed by atoms with Crippen molar-refractivity contribution in [2.24, 2.45) is 7.05 Å². The van der Waals surface area contributed by atoms with E-state index >= 15 is 0 Å². The number of carbonyl (C=O) groups excluding carboxylic acids is 1. The Kier molecular flexibility index (Phi) is 4.61. The second-order valence-corrected chi connectivity index (χ2v) is 5.18. The number of carbonyl (C=O) groups is 1. The molecule has 0 aliphatic carbocycles. The van der Waals surface area contributed by atoms with Crippen LogP contribution in [0.3, 0.4) is 0 Å². The van der Waals surface area contributed by atoms with Gasteiger partial charge in [0.25, 0.3) is 0 Å². The number of ketones is 1. The molecule has 1 aromatic carbocycles. The molecular formula is C14H14Cl2N2O. The molecule has 5 heteroatoms. The van der Waals surface area contributed by atoms with E-state index < -0.39 is 0 Å². The molecule has 2 rings (SSSR count). The van der Waals surface area contributed by atoms with Gasteiger partial charge in [0.2, 0.25) is 0 Å². The van der Waals surface area contributed by atoms with Crippen molar-refractivity contribution in [3.05, 3.63) is 51.8 Å². The number of aromatic nitrogens is 2. The Balaban J connectivity index is 1.97. The number of nitrogens with zero attached hydrogens (tertiary/aromatic N) is 2. The average Bonchev–Trinajstić information content (AvgIpc) is 2.77. The van der Waals surface area contributed by atoms with Gasteiger partial charge in [-0.15, -0.1) is 0 Å². The maximum atomic E-state index is 12.0. The van der Waals surface area contributed by atoms with E-state index in [1.165, 1.54) is 0 Å². The fourth-order valence-electron chi connectivity index (χ4n) is 1.90. The van der Waals surface area contributed by atoms with Gasteiger partial charge in [0.15, 0.2) is 0 Å². The van der Waals surface area contributed by atoms with Crippen molar-refractivity contribution < 1.29 is 4.79 Å². The zero-order valence-corrected chi connectivity index (χ0v) is 12.1. The lowest BCUT2D eigenvalue weighted by atomic mass is 10.0. The van der Waals surface area contributed by atoms with Crippen LogP contribution in [-0.4, -0.2) is 15.6 Å². The van der Waals surface area contributed by atoms with Gasteiger partial charge in [0.05, 0.1) is 0 Å². The quantitative estimate of drug-likeness (QED) is 0.847. The first-order valence-corrected chi connectivity index (χ1v) is 6.75. The first-order chi connectivity index (χ1) is 9.08. The van der Waals surface area contributed by atoms with Crippen LogP contribution in [0.2, 0.25) is 10.0 Å². The van der Waals surface area contributed by atoms with Crippen LogP contribution in [0.25, 0.3) is 0 Å². The van der Waals surface area contributed by atoms with Gasteiger partial charge in [-0.05, 0) is 30.2 Å². The number of benzene rings is 1. The summed E-state index contributed by atoms with van der Waals surface area (Å²) in [6, 6.07) is 7.18. The topological polar surface area (TPSA) is 34.9 Å². The highest BCUT2D eigenvalue weighted by atomic mass is 35.5. The Bertz CT molecular complexity index is 573. The fraction of sp³-hybridized carbons (Fsp3) is 0.286. The summed E-state index contributed by atoms with van der Waals surface area (Å²) in [5.41, 5.74) is 1.75. The molecule has 1 aromatic heterocycles. The lowest BCUT2D eigenvalue weighted by Crippen LogP contribution is -2.07. The molecule has 1 heterocycles. The molecule has 0 N–H and O–H groups in total. The van der Waals surface area contributed by atoms with Crippen molar-refractivity contribution in [1.82, 2.24) is 9.78 Å². The zero-order valence-electron chi connectivity index (χ0n) is 10.6. The lowest BCUT2D eigenvalue weighted by molar-refractivity contribution is -0.118. The SMILES string of the molecule is Cn1nccc1CCC(=O)Cc1c(Cl)cccc1Cl. The molecule has 0 radical (unpaired) electrons. The van der Waals surface area contributed by atoms with Crippen LogP contribution in [0.15, 0.2) is 30.5 Å². The van der Waals surface area contributed by atoms with Crippen molar-refractivity contribution in [3.8, 4) is 0 Å². The third-order valence-corrected chi connectivity index (χ3v) is 3.73. The summed E-state index contributed by atoms with van der Waals surface area (Å²) in [7, 11) is 1.87. The smallest absolute Gasteiger partial charge is 0.137 e. The first kappa shape index (κ1) is 14.1. The van der Waals surface area contributed by atoms with E-state index in [4.69, 9.17) is 23.2 Å². The zero-order chi connectivity index (χ0) is 13.8. The summed E-state index contributed by atoms with van der Waals surface area (Å²) in [6.45, 7) is 0. The highest BCUT2D eigenvalue weighted by Crippen LogP contribution is 2.25. The van der Waals surface area contributed by atoms with Crippen molar-refractivity contribution in [1.29, 1.82) is 0 Å². The van der Waals surface area contributed by atoms with Crippen molar-refractivity contribution >= 4 is 29.0 Å². The number of aryl methyl sites for hydroxylation is 2. The van der Waals surface area contributed by atoms with E-state index in [0.29, 0.717) is 28.5 Å². The maximum absolute atomic E-state index is 12.0. The van der Waals surface area contributed by atoms with E-state index in [2.05, 4.69) is 5.10 Å². The number of hydrogen-bond acceptors (Lipinski definition) is 2. The van der Waals surface area contributed by atoms with Crippen LogP contribution in [0, 0.1) is 0 Å². The Labute approximate surface area is 122 Å². The molecule has 0 spiro atoms. The lowest BCUT2D eigenvalue weighted by Gasteiger charge is -2.06. The molecule has 0 bridgehead atoms. The van der Waals surface area contributed by atoms with Gasteiger partial charge in [-0.25, -0.2) is 0 Å². The van der Waals surface area contributed by atoms with Gasteiger partial charge in [0, 0.05) is 41.8 Å². The molecule has 19 heavy (non-hydrogen) atoms. The minimum absolute atomic E-state index is 0.121.